The number of amides is 1. The number of rotatable bonds is 3. The van der Waals surface area contributed by atoms with Gasteiger partial charge in [0.15, 0.2) is 5.69 Å². The predicted molar refractivity (Wildman–Crippen MR) is 92.6 cm³/mol. The topological polar surface area (TPSA) is 90.0 Å². The molecule has 6 nitrogen and oxygen atoms in total. The zero-order valence-electron chi connectivity index (χ0n) is 12.2. The monoisotopic (exact) mass is 348 g/mol. The second kappa shape index (κ2) is 6.02. The van der Waals surface area contributed by atoms with Gasteiger partial charge in [0.1, 0.15) is 0 Å². The first kappa shape index (κ1) is 15.5. The molecule has 3 N–H and O–H groups in total. The van der Waals surface area contributed by atoms with Crippen LogP contribution < -0.4 is 16.6 Å². The lowest BCUT2D eigenvalue weighted by Gasteiger charge is -2.09. The fourth-order valence-electron chi connectivity index (χ4n) is 2.24. The van der Waals surface area contributed by atoms with Gasteiger partial charge in [0.05, 0.1) is 16.1 Å². The Morgan fingerprint density at radius 3 is 2.74 bits per heavy atom. The Kier molecular flexibility index (Phi) is 4.06. The summed E-state index contributed by atoms with van der Waals surface area (Å²) in [6.07, 6.45) is 0. The Bertz CT molecular complexity index is 947. The molecule has 0 unspecified atom stereocenters. The van der Waals surface area contributed by atoms with E-state index >= 15 is 0 Å². The second-order valence-corrected chi connectivity index (χ2v) is 6.14. The number of nitrogens with one attached hydrogen (secondary N) is 1. The first-order chi connectivity index (χ1) is 11.0. The fraction of sp³-hybridized carbons (Fsp3) is 0.133. The minimum absolute atomic E-state index is 0.171. The van der Waals surface area contributed by atoms with Crippen LogP contribution in [0.15, 0.2) is 34.4 Å². The molecule has 1 amide bonds. The number of halogens is 1. The number of hydrogen-bond donors (Lipinski definition) is 2. The predicted octanol–water partition coefficient (Wildman–Crippen LogP) is 2.43. The van der Waals surface area contributed by atoms with Gasteiger partial charge in [-0.1, -0.05) is 11.6 Å². The van der Waals surface area contributed by atoms with Crippen LogP contribution >= 0.6 is 22.9 Å². The molecular formula is C15H13ClN4O2S. The van der Waals surface area contributed by atoms with Gasteiger partial charge in [-0.05, 0) is 31.2 Å². The van der Waals surface area contributed by atoms with E-state index in [1.54, 1.807) is 29.6 Å². The van der Waals surface area contributed by atoms with Crippen molar-refractivity contribution in [2.75, 3.05) is 12.3 Å². The molecule has 0 saturated heterocycles. The van der Waals surface area contributed by atoms with E-state index in [2.05, 4.69) is 10.4 Å². The van der Waals surface area contributed by atoms with Crippen LogP contribution in [-0.2, 0) is 0 Å². The SMILES string of the molecule is CCNC(=O)c1nn(-c2ccc(Cl)cc2)c(=O)c2c(N)scc12. The molecule has 8 heteroatoms. The quantitative estimate of drug-likeness (QED) is 0.760. The summed E-state index contributed by atoms with van der Waals surface area (Å²) >= 11 is 7.09. The van der Waals surface area contributed by atoms with Crippen molar-refractivity contribution in [3.8, 4) is 5.69 Å². The zero-order valence-corrected chi connectivity index (χ0v) is 13.7. The maximum atomic E-state index is 12.7. The van der Waals surface area contributed by atoms with Crippen LogP contribution in [0.3, 0.4) is 0 Å². The van der Waals surface area contributed by atoms with E-state index in [4.69, 9.17) is 17.3 Å². The fourth-order valence-corrected chi connectivity index (χ4v) is 3.16. The van der Waals surface area contributed by atoms with E-state index in [1.807, 2.05) is 6.92 Å². The van der Waals surface area contributed by atoms with Crippen LogP contribution in [0.4, 0.5) is 5.00 Å². The molecule has 0 atom stereocenters. The highest BCUT2D eigenvalue weighted by molar-refractivity contribution is 7.15. The third-order valence-electron chi connectivity index (χ3n) is 3.30. The molecule has 2 aromatic heterocycles. The van der Waals surface area contributed by atoms with Gasteiger partial charge in [-0.15, -0.1) is 11.3 Å². The normalized spacial score (nSPS) is 10.9. The lowest BCUT2D eigenvalue weighted by Crippen LogP contribution is -2.29. The molecule has 3 aromatic rings. The van der Waals surface area contributed by atoms with Gasteiger partial charge in [0, 0.05) is 22.3 Å². The van der Waals surface area contributed by atoms with Crippen molar-refractivity contribution in [2.24, 2.45) is 0 Å². The summed E-state index contributed by atoms with van der Waals surface area (Å²) in [6.45, 7) is 2.27. The average Bonchev–Trinajstić information content (AvgIpc) is 2.91. The van der Waals surface area contributed by atoms with Crippen molar-refractivity contribution in [3.05, 3.63) is 50.7 Å². The number of anilines is 1. The summed E-state index contributed by atoms with van der Waals surface area (Å²) < 4.78 is 1.17. The number of hydrogen-bond acceptors (Lipinski definition) is 5. The summed E-state index contributed by atoms with van der Waals surface area (Å²) in [5, 5.41) is 10.3. The van der Waals surface area contributed by atoms with Crippen molar-refractivity contribution in [2.45, 2.75) is 6.92 Å². The summed E-state index contributed by atoms with van der Waals surface area (Å²) in [5.74, 6) is -0.349. The maximum absolute atomic E-state index is 12.7. The van der Waals surface area contributed by atoms with E-state index < -0.39 is 0 Å². The number of nitrogens with two attached hydrogens (primary N) is 1. The Morgan fingerprint density at radius 2 is 2.09 bits per heavy atom. The van der Waals surface area contributed by atoms with Gasteiger partial charge >= 0.3 is 0 Å². The number of aromatic nitrogens is 2. The molecule has 3 rings (SSSR count). The van der Waals surface area contributed by atoms with Gasteiger partial charge < -0.3 is 11.1 Å². The zero-order chi connectivity index (χ0) is 16.6. The molecule has 0 radical (unpaired) electrons. The molecule has 2 heterocycles. The molecular weight excluding hydrogens is 336 g/mol. The summed E-state index contributed by atoms with van der Waals surface area (Å²) in [5.41, 5.74) is 6.23. The number of nitrogen functional groups attached to an aromatic ring is 1. The Labute approximate surface area is 140 Å². The number of thiophene rings is 1. The third-order valence-corrected chi connectivity index (χ3v) is 4.37. The lowest BCUT2D eigenvalue weighted by atomic mass is 10.2. The maximum Gasteiger partial charge on any atom is 0.282 e. The van der Waals surface area contributed by atoms with Gasteiger partial charge in [0.2, 0.25) is 0 Å². The van der Waals surface area contributed by atoms with Gasteiger partial charge in [0.25, 0.3) is 11.5 Å². The van der Waals surface area contributed by atoms with Crippen molar-refractivity contribution in [1.29, 1.82) is 0 Å². The van der Waals surface area contributed by atoms with Crippen molar-refractivity contribution < 1.29 is 4.79 Å². The largest absolute Gasteiger partial charge is 0.390 e. The highest BCUT2D eigenvalue weighted by atomic mass is 35.5. The number of carbonyl (C=O) groups is 1. The van der Waals surface area contributed by atoms with Gasteiger partial charge in [-0.2, -0.15) is 9.78 Å². The lowest BCUT2D eigenvalue weighted by molar-refractivity contribution is 0.0951. The molecule has 0 fully saturated rings. The molecule has 0 bridgehead atoms. The van der Waals surface area contributed by atoms with E-state index in [1.165, 1.54) is 16.0 Å². The van der Waals surface area contributed by atoms with E-state index in [-0.39, 0.29) is 17.2 Å². The van der Waals surface area contributed by atoms with Crippen molar-refractivity contribution in [1.82, 2.24) is 15.1 Å². The third kappa shape index (κ3) is 2.69. The molecule has 118 valence electrons. The van der Waals surface area contributed by atoms with Gasteiger partial charge in [-0.25, -0.2) is 0 Å². The minimum Gasteiger partial charge on any atom is -0.390 e. The van der Waals surface area contributed by atoms with Crippen LogP contribution in [0.25, 0.3) is 16.5 Å². The molecule has 0 saturated carbocycles. The standard InChI is InChI=1S/C15H13ClN4O2S/c1-2-18-14(21)12-10-7-23-13(17)11(10)15(22)20(19-12)9-5-3-8(16)4-6-9/h3-7H,2,17H2,1H3,(H,18,21). The number of nitrogens with zero attached hydrogens (tertiary/aromatic N) is 2. The Hall–Kier alpha value is -2.38. The van der Waals surface area contributed by atoms with Crippen molar-refractivity contribution >= 4 is 44.6 Å². The first-order valence-electron chi connectivity index (χ1n) is 6.87. The summed E-state index contributed by atoms with van der Waals surface area (Å²) in [7, 11) is 0. The van der Waals surface area contributed by atoms with E-state index in [0.29, 0.717) is 33.0 Å². The minimum atomic E-state index is -0.367. The molecule has 0 aliphatic heterocycles. The van der Waals surface area contributed by atoms with Crippen molar-refractivity contribution in [3.63, 3.8) is 0 Å². The number of carbonyl (C=O) groups excluding carboxylic acids is 1. The number of benzene rings is 1. The second-order valence-electron chi connectivity index (χ2n) is 4.79. The van der Waals surface area contributed by atoms with Crippen LogP contribution in [0.1, 0.15) is 17.4 Å². The molecule has 1 aromatic carbocycles. The first-order valence-corrected chi connectivity index (χ1v) is 8.12. The molecule has 0 spiro atoms. The smallest absolute Gasteiger partial charge is 0.282 e. The van der Waals surface area contributed by atoms with Crippen LogP contribution in [0, 0.1) is 0 Å². The molecule has 23 heavy (non-hydrogen) atoms. The molecule has 0 aliphatic rings. The Balaban J connectivity index is 2.32. The number of fused-ring (bicyclic) bond motifs is 1. The average molecular weight is 349 g/mol. The van der Waals surface area contributed by atoms with Crippen LogP contribution in [0.5, 0.6) is 0 Å². The Morgan fingerprint density at radius 1 is 1.39 bits per heavy atom. The van der Waals surface area contributed by atoms with Crippen LogP contribution in [0.2, 0.25) is 5.02 Å². The highest BCUT2D eigenvalue weighted by Crippen LogP contribution is 2.27. The van der Waals surface area contributed by atoms with E-state index in [0.717, 1.165) is 0 Å². The molecule has 0 aliphatic carbocycles. The highest BCUT2D eigenvalue weighted by Gasteiger charge is 2.20. The van der Waals surface area contributed by atoms with E-state index in [9.17, 15) is 9.59 Å². The summed E-state index contributed by atoms with van der Waals surface area (Å²) in [4.78, 5) is 25.0. The van der Waals surface area contributed by atoms with Crippen LogP contribution in [-0.4, -0.2) is 22.2 Å². The summed E-state index contributed by atoms with van der Waals surface area (Å²) in [6, 6.07) is 6.62. The van der Waals surface area contributed by atoms with Gasteiger partial charge in [-0.3, -0.25) is 9.59 Å².